The van der Waals surface area contributed by atoms with Crippen LogP contribution in [0.1, 0.15) is 54.8 Å². The van der Waals surface area contributed by atoms with Crippen LogP contribution in [0.4, 0.5) is 0 Å². The van der Waals surface area contributed by atoms with E-state index in [0.29, 0.717) is 21.2 Å². The predicted molar refractivity (Wildman–Crippen MR) is 120 cm³/mol. The van der Waals surface area contributed by atoms with Gasteiger partial charge in [0.05, 0.1) is 4.53 Å². The van der Waals surface area contributed by atoms with Crippen molar-refractivity contribution in [2.24, 2.45) is 5.92 Å². The van der Waals surface area contributed by atoms with Gasteiger partial charge in [-0.3, -0.25) is 4.79 Å². The number of fused-ring (bicyclic) bond motifs is 1. The third kappa shape index (κ3) is 4.15. The number of hydrogen-bond acceptors (Lipinski definition) is 4. The molecule has 0 saturated heterocycles. The molecule has 1 atom stereocenters. The molecule has 0 saturated carbocycles. The van der Waals surface area contributed by atoms with Crippen molar-refractivity contribution in [2.75, 3.05) is 0 Å². The Morgan fingerprint density at radius 3 is 2.34 bits per heavy atom. The molecule has 0 fully saturated rings. The molecule has 29 heavy (non-hydrogen) atoms. The molecule has 0 aliphatic carbocycles. The zero-order valence-electron chi connectivity index (χ0n) is 17.2. The molecule has 5 heteroatoms. The molecule has 0 N–H and O–H groups in total. The first-order valence-corrected chi connectivity index (χ1v) is 10.8. The van der Waals surface area contributed by atoms with Crippen LogP contribution in [0, 0.1) is 12.8 Å². The molecule has 2 aromatic carbocycles. The van der Waals surface area contributed by atoms with E-state index in [0.717, 1.165) is 17.5 Å². The Labute approximate surface area is 174 Å². The van der Waals surface area contributed by atoms with Crippen LogP contribution in [0.15, 0.2) is 53.3 Å². The normalized spacial score (nSPS) is 13.5. The minimum Gasteiger partial charge on any atom is -0.266 e. The topological polar surface area (TPSA) is 47.3 Å². The molecule has 4 aromatic rings. The summed E-state index contributed by atoms with van der Waals surface area (Å²) in [6, 6.07) is 16.8. The fourth-order valence-corrected chi connectivity index (χ4v) is 4.32. The number of aromatic nitrogens is 3. The van der Waals surface area contributed by atoms with E-state index in [4.69, 9.17) is 0 Å². The summed E-state index contributed by atoms with van der Waals surface area (Å²) >= 11 is 1.39. The summed E-state index contributed by atoms with van der Waals surface area (Å²) in [5.41, 5.74) is 4.60. The van der Waals surface area contributed by atoms with E-state index in [1.54, 1.807) is 0 Å². The van der Waals surface area contributed by atoms with Gasteiger partial charge in [0.2, 0.25) is 4.96 Å². The van der Waals surface area contributed by atoms with Gasteiger partial charge in [0, 0.05) is 5.92 Å². The summed E-state index contributed by atoms with van der Waals surface area (Å²) < 4.78 is 2.09. The van der Waals surface area contributed by atoms with E-state index < -0.39 is 0 Å². The van der Waals surface area contributed by atoms with Gasteiger partial charge in [0.15, 0.2) is 5.82 Å². The van der Waals surface area contributed by atoms with Crippen molar-refractivity contribution < 1.29 is 0 Å². The summed E-state index contributed by atoms with van der Waals surface area (Å²) in [7, 11) is 0. The number of hydrogen-bond donors (Lipinski definition) is 0. The summed E-state index contributed by atoms with van der Waals surface area (Å²) in [6.45, 7) is 8.58. The lowest BCUT2D eigenvalue weighted by molar-refractivity contribution is 0.647. The van der Waals surface area contributed by atoms with Gasteiger partial charge in [-0.2, -0.15) is 4.52 Å². The van der Waals surface area contributed by atoms with Gasteiger partial charge in [0.1, 0.15) is 0 Å². The first-order chi connectivity index (χ1) is 13.9. The first-order valence-electron chi connectivity index (χ1n) is 9.97. The molecule has 0 bridgehead atoms. The molecule has 2 heterocycles. The van der Waals surface area contributed by atoms with E-state index in [1.807, 2.05) is 37.3 Å². The van der Waals surface area contributed by atoms with Gasteiger partial charge < -0.3 is 0 Å². The molecule has 4 rings (SSSR count). The van der Waals surface area contributed by atoms with Crippen molar-refractivity contribution in [3.05, 3.63) is 91.5 Å². The lowest BCUT2D eigenvalue weighted by Gasteiger charge is -2.10. The number of nitrogens with zero attached hydrogens (tertiary/aromatic N) is 3. The highest BCUT2D eigenvalue weighted by atomic mass is 32.1. The maximum Gasteiger partial charge on any atom is 0.291 e. The summed E-state index contributed by atoms with van der Waals surface area (Å²) in [5.74, 6) is 1.37. The van der Waals surface area contributed by atoms with Crippen LogP contribution in [0.25, 0.3) is 11.0 Å². The van der Waals surface area contributed by atoms with Crippen molar-refractivity contribution >= 4 is 22.4 Å². The van der Waals surface area contributed by atoms with Gasteiger partial charge in [-0.15, -0.1) is 5.10 Å². The molecule has 148 valence electrons. The second-order valence-electron chi connectivity index (χ2n) is 8.05. The number of aryl methyl sites for hydroxylation is 1. The summed E-state index contributed by atoms with van der Waals surface area (Å²) in [5, 5.41) is 4.52. The van der Waals surface area contributed by atoms with Crippen LogP contribution in [0.2, 0.25) is 0 Å². The Morgan fingerprint density at radius 2 is 1.72 bits per heavy atom. The van der Waals surface area contributed by atoms with E-state index in [1.165, 1.54) is 27.0 Å². The Morgan fingerprint density at radius 1 is 1.03 bits per heavy atom. The molecule has 0 amide bonds. The lowest BCUT2D eigenvalue weighted by atomic mass is 9.96. The highest BCUT2D eigenvalue weighted by molar-refractivity contribution is 7.15. The van der Waals surface area contributed by atoms with E-state index in [9.17, 15) is 4.79 Å². The van der Waals surface area contributed by atoms with Crippen LogP contribution >= 0.6 is 11.3 Å². The maximum absolute atomic E-state index is 12.8. The van der Waals surface area contributed by atoms with Crippen molar-refractivity contribution in [1.29, 1.82) is 0 Å². The molecule has 0 spiro atoms. The molecule has 4 nitrogen and oxygen atoms in total. The van der Waals surface area contributed by atoms with Crippen LogP contribution in [0.5, 0.6) is 0 Å². The predicted octanol–water partition coefficient (Wildman–Crippen LogP) is 4.36. The number of rotatable bonds is 5. The lowest BCUT2D eigenvalue weighted by Crippen LogP contribution is -2.24. The van der Waals surface area contributed by atoms with Gasteiger partial charge >= 0.3 is 0 Å². The minimum atomic E-state index is -0.108. The van der Waals surface area contributed by atoms with Gasteiger partial charge in [-0.1, -0.05) is 86.2 Å². The second kappa shape index (κ2) is 7.91. The van der Waals surface area contributed by atoms with Crippen LogP contribution < -0.4 is 10.1 Å². The van der Waals surface area contributed by atoms with Crippen LogP contribution in [0.3, 0.4) is 0 Å². The zero-order chi connectivity index (χ0) is 20.5. The molecule has 2 aromatic heterocycles. The Bertz CT molecular complexity index is 1230. The average molecular weight is 404 g/mol. The van der Waals surface area contributed by atoms with E-state index >= 15 is 0 Å². The Balaban J connectivity index is 1.63. The van der Waals surface area contributed by atoms with Crippen molar-refractivity contribution in [2.45, 2.75) is 40.0 Å². The van der Waals surface area contributed by atoms with Gasteiger partial charge in [-0.05, 0) is 42.0 Å². The van der Waals surface area contributed by atoms with Crippen LogP contribution in [-0.2, 0) is 6.42 Å². The Kier molecular flexibility index (Phi) is 5.33. The SMILES string of the molecule is Cc1ccc(/C=c2\sc3nc(C(C)c4ccc(CC(C)C)cc4)nn3c2=O)cc1. The smallest absolute Gasteiger partial charge is 0.266 e. The third-order valence-electron chi connectivity index (χ3n) is 5.08. The first kappa shape index (κ1) is 19.5. The quantitative estimate of drug-likeness (QED) is 0.497. The zero-order valence-corrected chi connectivity index (χ0v) is 18.0. The molecule has 1 unspecified atom stereocenters. The van der Waals surface area contributed by atoms with Gasteiger partial charge in [0.25, 0.3) is 5.56 Å². The van der Waals surface area contributed by atoms with Crippen molar-refractivity contribution in [1.82, 2.24) is 14.6 Å². The van der Waals surface area contributed by atoms with E-state index in [2.05, 4.69) is 55.1 Å². The Hall–Kier alpha value is -2.79. The van der Waals surface area contributed by atoms with Crippen molar-refractivity contribution in [3.8, 4) is 0 Å². The molecule has 0 radical (unpaired) electrons. The fraction of sp³-hybridized carbons (Fsp3) is 0.292. The van der Waals surface area contributed by atoms with Crippen molar-refractivity contribution in [3.63, 3.8) is 0 Å². The minimum absolute atomic E-state index is 0.0409. The van der Waals surface area contributed by atoms with Gasteiger partial charge in [-0.25, -0.2) is 4.98 Å². The molecular weight excluding hydrogens is 378 g/mol. The molecule has 0 aliphatic rings. The second-order valence-corrected chi connectivity index (χ2v) is 9.06. The highest BCUT2D eigenvalue weighted by Gasteiger charge is 2.17. The largest absolute Gasteiger partial charge is 0.291 e. The number of thiazole rings is 1. The standard InChI is InChI=1S/C24H25N3OS/c1-15(2)13-18-9-11-20(12-10-18)17(4)22-25-24-27(26-22)23(28)21(29-24)14-19-7-5-16(3)6-8-19/h5-12,14-15,17H,13H2,1-4H3/b21-14-. The average Bonchev–Trinajstić information content (AvgIpc) is 3.23. The summed E-state index contributed by atoms with van der Waals surface area (Å²) in [4.78, 5) is 18.1. The fourth-order valence-electron chi connectivity index (χ4n) is 3.41. The molecular formula is C24H25N3OS. The molecule has 0 aliphatic heterocycles. The highest BCUT2D eigenvalue weighted by Crippen LogP contribution is 2.23. The van der Waals surface area contributed by atoms with E-state index in [-0.39, 0.29) is 11.5 Å². The number of benzene rings is 2. The summed E-state index contributed by atoms with van der Waals surface area (Å²) in [6.07, 6.45) is 2.98. The van der Waals surface area contributed by atoms with Crippen LogP contribution in [-0.4, -0.2) is 14.6 Å². The monoisotopic (exact) mass is 403 g/mol. The maximum atomic E-state index is 12.8. The third-order valence-corrected chi connectivity index (χ3v) is 6.04.